The molecule has 2 saturated heterocycles. The number of carbonyl (C=O) groups is 1. The van der Waals surface area contributed by atoms with Crippen molar-refractivity contribution in [2.24, 2.45) is 0 Å². The first-order valence-electron chi connectivity index (χ1n) is 18.3. The lowest BCUT2D eigenvalue weighted by Crippen LogP contribution is -2.51. The van der Waals surface area contributed by atoms with Gasteiger partial charge in [-0.2, -0.15) is 4.98 Å². The molecular weight excluding hydrogens is 362 g/mol. The highest BCUT2D eigenvalue weighted by Crippen LogP contribution is 2.34. The number of aromatic nitrogens is 2. The van der Waals surface area contributed by atoms with Crippen LogP contribution in [0.5, 0.6) is 11.5 Å². The van der Waals surface area contributed by atoms with E-state index in [0.29, 0.717) is 0 Å². The lowest BCUT2D eigenvalue weighted by molar-refractivity contribution is -0.141. The van der Waals surface area contributed by atoms with E-state index in [1.807, 2.05) is 0 Å². The fourth-order valence-electron chi connectivity index (χ4n) is 2.17. The van der Waals surface area contributed by atoms with Crippen LogP contribution in [0, 0.1) is 0 Å². The summed E-state index contributed by atoms with van der Waals surface area (Å²) in [6.07, 6.45) is -10.2. The van der Waals surface area contributed by atoms with E-state index in [2.05, 4.69) is 14.7 Å². The molecule has 150 valence electrons. The molecular formula is C19H25N5O4. The van der Waals surface area contributed by atoms with Crippen molar-refractivity contribution in [1.82, 2.24) is 14.9 Å². The van der Waals surface area contributed by atoms with Crippen LogP contribution < -0.4 is 20.1 Å². The number of benzene rings is 1. The minimum atomic E-state index is -4.12. The van der Waals surface area contributed by atoms with Gasteiger partial charge in [0.25, 0.3) is 5.91 Å². The number of amides is 1. The highest BCUT2D eigenvalue weighted by Gasteiger charge is 2.31. The maximum absolute atomic E-state index is 13.6. The largest absolute Gasteiger partial charge is 0.493 e. The molecule has 4 rings (SSSR count). The van der Waals surface area contributed by atoms with E-state index in [1.165, 1.54) is 0 Å². The number of ether oxygens (including phenoxy) is 3. The SMILES string of the molecule is [2H]c1c(OC([2H])([2H])[2H])c(OC([2H])([2H])[2H])c([2H])c2c(N)nc(N3C([2H])([2H])C([2H])([2H])N(C(=O)C4OC([2H])([2H])C([2H])([2H])C4([2H])[2H])C([2H])([2H])C3([2H])[2H])nc12. The van der Waals surface area contributed by atoms with E-state index in [4.69, 9.17) is 45.4 Å². The van der Waals surface area contributed by atoms with E-state index in [0.717, 1.165) is 0 Å². The summed E-state index contributed by atoms with van der Waals surface area (Å²) in [5, 5.41) is -0.749. The summed E-state index contributed by atoms with van der Waals surface area (Å²) in [6, 6.07) is -2.26. The first kappa shape index (κ1) is 5.85. The molecule has 2 aliphatic rings. The average molecular weight is 410 g/mol. The standard InChI is InChI=1S/C19H25N5O4/c1-26-15-10-12-13(11-16(15)27-2)21-19(22-17(12)20)24-7-5-23(6-8-24)18(25)14-4-3-9-28-14/h10-11,14H,3-9H2,1-2H3,(H2,20,21,22)/i1D3,2D3,3D2,4D2,5D2,6D2,7D2,8D2,9D2,10D,11D. The van der Waals surface area contributed by atoms with Crippen molar-refractivity contribution in [2.75, 3.05) is 57.3 Å². The second-order valence-electron chi connectivity index (χ2n) is 5.07. The van der Waals surface area contributed by atoms with Crippen LogP contribution in [-0.2, 0) is 9.53 Å². The van der Waals surface area contributed by atoms with Crippen molar-refractivity contribution in [3.05, 3.63) is 12.1 Å². The number of methoxy groups -OCH3 is 2. The monoisotopic (exact) mass is 409 g/mol. The van der Waals surface area contributed by atoms with Gasteiger partial charge in [0.1, 0.15) is 11.9 Å². The van der Waals surface area contributed by atoms with Crippen LogP contribution in [-0.4, -0.2) is 73.5 Å². The van der Waals surface area contributed by atoms with Crippen LogP contribution in [0.25, 0.3) is 10.9 Å². The Morgan fingerprint density at radius 3 is 2.71 bits per heavy atom. The van der Waals surface area contributed by atoms with Crippen LogP contribution in [0.1, 0.15) is 42.9 Å². The highest BCUT2D eigenvalue weighted by molar-refractivity contribution is 5.91. The molecule has 0 radical (unpaired) electrons. The highest BCUT2D eigenvalue weighted by atomic mass is 16.5. The fourth-order valence-corrected chi connectivity index (χ4v) is 2.17. The summed E-state index contributed by atoms with van der Waals surface area (Å²) in [5.74, 6) is -6.94. The number of nitrogens with two attached hydrogens (primary N) is 1. The van der Waals surface area contributed by atoms with Gasteiger partial charge in [0.2, 0.25) is 5.95 Å². The number of hydrogen-bond donors (Lipinski definition) is 1. The summed E-state index contributed by atoms with van der Waals surface area (Å²) < 4.78 is 191. The summed E-state index contributed by atoms with van der Waals surface area (Å²) >= 11 is 0. The molecule has 28 heavy (non-hydrogen) atoms. The van der Waals surface area contributed by atoms with Crippen molar-refractivity contribution in [2.45, 2.75) is 18.8 Å². The maximum Gasteiger partial charge on any atom is 0.251 e. The molecule has 0 saturated carbocycles. The summed E-state index contributed by atoms with van der Waals surface area (Å²) in [7, 11) is -6.76. The zero-order valence-electron chi connectivity index (χ0n) is 35.6. The minimum absolute atomic E-state index is 0.386. The Kier molecular flexibility index (Phi) is 1.60. The van der Waals surface area contributed by atoms with E-state index < -0.39 is 123 Å². The molecule has 1 unspecified atom stereocenters. The molecule has 2 fully saturated rings. The third-order valence-corrected chi connectivity index (χ3v) is 3.43. The van der Waals surface area contributed by atoms with Gasteiger partial charge in [-0.3, -0.25) is 4.79 Å². The van der Waals surface area contributed by atoms with Gasteiger partial charge in [-0.05, 0) is 18.8 Å². The molecule has 9 heteroatoms. The lowest BCUT2D eigenvalue weighted by Gasteiger charge is -2.35. The zero-order chi connectivity index (χ0) is 39.0. The van der Waals surface area contributed by atoms with Crippen LogP contribution in [0.4, 0.5) is 11.8 Å². The number of nitrogen functional groups attached to an aromatic ring is 1. The minimum Gasteiger partial charge on any atom is -0.493 e. The third-order valence-electron chi connectivity index (χ3n) is 3.43. The molecule has 1 amide bonds. The molecule has 0 bridgehead atoms. The van der Waals surface area contributed by atoms with Crippen LogP contribution in [0.2, 0.25) is 0 Å². The van der Waals surface area contributed by atoms with Gasteiger partial charge in [0.05, 0.1) is 44.3 Å². The molecule has 0 spiro atoms. The molecule has 1 aromatic carbocycles. The van der Waals surface area contributed by atoms with Crippen LogP contribution in [0.3, 0.4) is 0 Å². The molecule has 9 nitrogen and oxygen atoms in total. The normalized spacial score (nSPS) is 44.9. The Morgan fingerprint density at radius 1 is 1.29 bits per heavy atom. The molecule has 1 atom stereocenters. The topological polar surface area (TPSA) is 103 Å². The van der Waals surface area contributed by atoms with Crippen molar-refractivity contribution < 1.29 is 49.2 Å². The second kappa shape index (κ2) is 7.67. The Labute approximate surface area is 194 Å². The number of anilines is 2. The lowest BCUT2D eigenvalue weighted by atomic mass is 10.2. The number of carbonyl (C=O) groups excluding carboxylic acids is 1. The second-order valence-corrected chi connectivity index (χ2v) is 5.07. The smallest absolute Gasteiger partial charge is 0.251 e. The first-order chi connectivity index (χ1) is 22.0. The quantitative estimate of drug-likeness (QED) is 0.799. The molecule has 2 aliphatic heterocycles. The Balaban J connectivity index is 1.98. The maximum atomic E-state index is 13.6. The molecule has 0 aliphatic carbocycles. The molecule has 3 heterocycles. The van der Waals surface area contributed by atoms with Gasteiger partial charge < -0.3 is 29.7 Å². The van der Waals surface area contributed by atoms with Gasteiger partial charge in [-0.1, -0.05) is 0 Å². The van der Waals surface area contributed by atoms with Crippen LogP contribution >= 0.6 is 0 Å². The van der Waals surface area contributed by atoms with E-state index in [-0.39, 0.29) is 4.90 Å². The number of rotatable bonds is 4. The average Bonchev–Trinajstić information content (AvgIpc) is 3.01. The summed E-state index contributed by atoms with van der Waals surface area (Å²) in [6.45, 7) is -19.9. The summed E-state index contributed by atoms with van der Waals surface area (Å²) in [4.78, 5) is 19.9. The zero-order valence-corrected chi connectivity index (χ0v) is 13.6. The van der Waals surface area contributed by atoms with Gasteiger partial charge >= 0.3 is 0 Å². The van der Waals surface area contributed by atoms with Crippen molar-refractivity contribution in [3.63, 3.8) is 0 Å². The van der Waals surface area contributed by atoms with Gasteiger partial charge in [-0.15, -0.1) is 0 Å². The van der Waals surface area contributed by atoms with Crippen molar-refractivity contribution in [1.29, 1.82) is 0 Å². The van der Waals surface area contributed by atoms with Crippen LogP contribution in [0.15, 0.2) is 12.1 Å². The fraction of sp³-hybridized carbons (Fsp3) is 0.526. The molecule has 2 N–H and O–H groups in total. The Bertz CT molecular complexity index is 1720. The van der Waals surface area contributed by atoms with E-state index in [1.54, 1.807) is 0 Å². The van der Waals surface area contributed by atoms with Crippen molar-refractivity contribution >= 4 is 28.6 Å². The van der Waals surface area contributed by atoms with Gasteiger partial charge in [-0.25, -0.2) is 4.98 Å². The van der Waals surface area contributed by atoms with E-state index >= 15 is 0 Å². The van der Waals surface area contributed by atoms with E-state index in [9.17, 15) is 4.79 Å². The third kappa shape index (κ3) is 3.37. The Hall–Kier alpha value is -2.81. The van der Waals surface area contributed by atoms with Gasteiger partial charge in [0, 0.05) is 49.5 Å². The number of hydrogen-bond acceptors (Lipinski definition) is 8. The van der Waals surface area contributed by atoms with Gasteiger partial charge in [0.15, 0.2) is 11.5 Å². The first-order valence-corrected chi connectivity index (χ1v) is 7.31. The number of piperazine rings is 1. The Morgan fingerprint density at radius 2 is 2.04 bits per heavy atom. The number of nitrogens with zero attached hydrogens (tertiary/aromatic N) is 4. The van der Waals surface area contributed by atoms with Crippen molar-refractivity contribution in [3.8, 4) is 11.5 Å². The predicted molar refractivity (Wildman–Crippen MR) is 105 cm³/mol. The number of fused-ring (bicyclic) bond motifs is 1. The summed E-state index contributed by atoms with van der Waals surface area (Å²) in [5.41, 5.74) is 4.99. The molecule has 1 aromatic heterocycles. The predicted octanol–water partition coefficient (Wildman–Crippen LogP) is 1.06. The molecule has 2 aromatic rings.